The molecule has 84 valence electrons. The van der Waals surface area contributed by atoms with Gasteiger partial charge in [0.1, 0.15) is 5.75 Å². The summed E-state index contributed by atoms with van der Waals surface area (Å²) in [6.45, 7) is 4.17. The molecule has 0 saturated carbocycles. The van der Waals surface area contributed by atoms with Crippen molar-refractivity contribution in [3.8, 4) is 5.75 Å². The summed E-state index contributed by atoms with van der Waals surface area (Å²) < 4.78 is 5.10. The summed E-state index contributed by atoms with van der Waals surface area (Å²) in [6.07, 6.45) is -0.0305. The Bertz CT molecular complexity index is 420. The van der Waals surface area contributed by atoms with Crippen LogP contribution in [0.5, 0.6) is 5.75 Å². The molecule has 1 aromatic rings. The van der Waals surface area contributed by atoms with Crippen LogP contribution in [0, 0.1) is 5.92 Å². The molecule has 0 aliphatic carbocycles. The van der Waals surface area contributed by atoms with Crippen molar-refractivity contribution in [2.24, 2.45) is 21.1 Å². The maximum Gasteiger partial charge on any atom is 0.179 e. The van der Waals surface area contributed by atoms with Gasteiger partial charge in [-0.05, 0) is 30.2 Å². The third-order valence-electron chi connectivity index (χ3n) is 2.47. The Morgan fingerprint density at radius 1 is 1.19 bits per heavy atom. The molecule has 0 radical (unpaired) electrons. The van der Waals surface area contributed by atoms with Crippen molar-refractivity contribution in [2.45, 2.75) is 20.0 Å². The highest BCUT2D eigenvalue weighted by atomic mass is 16.5. The van der Waals surface area contributed by atoms with Gasteiger partial charge in [0, 0.05) is 5.56 Å². The van der Waals surface area contributed by atoms with Crippen LogP contribution in [0.15, 0.2) is 39.5 Å². The minimum atomic E-state index is -0.0305. The molecule has 1 aliphatic rings. The molecule has 0 N–H and O–H groups in total. The molecule has 0 spiro atoms. The molecule has 16 heavy (non-hydrogen) atoms. The van der Waals surface area contributed by atoms with Gasteiger partial charge >= 0.3 is 0 Å². The van der Waals surface area contributed by atoms with E-state index >= 15 is 0 Å². The lowest BCUT2D eigenvalue weighted by molar-refractivity contribution is 0.415. The van der Waals surface area contributed by atoms with Crippen LogP contribution in [0.2, 0.25) is 0 Å². The minimum absolute atomic E-state index is 0.0305. The molecule has 4 nitrogen and oxygen atoms in total. The normalized spacial score (nSPS) is 19.0. The number of aliphatic imine (C=N–C) groups is 1. The largest absolute Gasteiger partial charge is 0.497 e. The lowest BCUT2D eigenvalue weighted by Crippen LogP contribution is -2.07. The van der Waals surface area contributed by atoms with Gasteiger partial charge in [-0.15, -0.1) is 5.11 Å². The van der Waals surface area contributed by atoms with Crippen molar-refractivity contribution in [1.29, 1.82) is 0 Å². The molecule has 1 atom stereocenters. The van der Waals surface area contributed by atoms with Crippen molar-refractivity contribution in [3.05, 3.63) is 29.8 Å². The Kier molecular flexibility index (Phi) is 2.99. The molecule has 0 fully saturated rings. The number of benzene rings is 1. The molecule has 1 aliphatic heterocycles. The molecule has 0 amide bonds. The minimum Gasteiger partial charge on any atom is -0.497 e. The number of hydrogen-bond donors (Lipinski definition) is 0. The number of ether oxygens (including phenoxy) is 1. The highest BCUT2D eigenvalue weighted by Gasteiger charge is 2.18. The van der Waals surface area contributed by atoms with Gasteiger partial charge in [0.15, 0.2) is 12.0 Å². The Balaban J connectivity index is 2.20. The zero-order valence-electron chi connectivity index (χ0n) is 9.71. The maximum atomic E-state index is 5.10. The van der Waals surface area contributed by atoms with E-state index in [0.717, 1.165) is 11.3 Å². The van der Waals surface area contributed by atoms with E-state index in [9.17, 15) is 0 Å². The molecule has 4 heteroatoms. The van der Waals surface area contributed by atoms with Crippen molar-refractivity contribution in [2.75, 3.05) is 7.11 Å². The quantitative estimate of drug-likeness (QED) is 0.767. The average Bonchev–Trinajstić information content (AvgIpc) is 2.78. The lowest BCUT2D eigenvalue weighted by atomic mass is 10.1. The highest BCUT2D eigenvalue weighted by Crippen LogP contribution is 2.19. The van der Waals surface area contributed by atoms with Crippen LogP contribution in [0.4, 0.5) is 0 Å². The SMILES string of the molecule is COc1ccc(C2=NC(C(C)C)N=N2)cc1. The van der Waals surface area contributed by atoms with Gasteiger partial charge in [-0.25, -0.2) is 4.99 Å². The van der Waals surface area contributed by atoms with Gasteiger partial charge in [-0.2, -0.15) is 5.11 Å². The number of methoxy groups -OCH3 is 1. The van der Waals surface area contributed by atoms with Crippen molar-refractivity contribution in [3.63, 3.8) is 0 Å². The molecule has 1 aromatic carbocycles. The van der Waals surface area contributed by atoms with E-state index < -0.39 is 0 Å². The zero-order valence-corrected chi connectivity index (χ0v) is 9.71. The summed E-state index contributed by atoms with van der Waals surface area (Å²) in [5, 5.41) is 8.22. The zero-order chi connectivity index (χ0) is 11.5. The lowest BCUT2D eigenvalue weighted by Gasteiger charge is -2.04. The second-order valence-corrected chi connectivity index (χ2v) is 4.05. The molecule has 0 aromatic heterocycles. The Morgan fingerprint density at radius 2 is 1.88 bits per heavy atom. The van der Waals surface area contributed by atoms with E-state index in [4.69, 9.17) is 4.74 Å². The number of nitrogens with zero attached hydrogens (tertiary/aromatic N) is 3. The van der Waals surface area contributed by atoms with Crippen LogP contribution in [0.25, 0.3) is 0 Å². The topological polar surface area (TPSA) is 46.3 Å². The third-order valence-corrected chi connectivity index (χ3v) is 2.47. The van der Waals surface area contributed by atoms with Gasteiger partial charge in [-0.3, -0.25) is 0 Å². The van der Waals surface area contributed by atoms with Gasteiger partial charge in [0.05, 0.1) is 7.11 Å². The maximum absolute atomic E-state index is 5.10. The number of rotatable bonds is 3. The Morgan fingerprint density at radius 3 is 2.38 bits per heavy atom. The first-order chi connectivity index (χ1) is 7.70. The smallest absolute Gasteiger partial charge is 0.179 e. The van der Waals surface area contributed by atoms with E-state index in [1.165, 1.54) is 0 Å². The van der Waals surface area contributed by atoms with Crippen LogP contribution < -0.4 is 4.74 Å². The summed E-state index contributed by atoms with van der Waals surface area (Å²) in [4.78, 5) is 4.46. The van der Waals surface area contributed by atoms with Crippen LogP contribution in [0.1, 0.15) is 19.4 Å². The fourth-order valence-corrected chi connectivity index (χ4v) is 1.45. The van der Waals surface area contributed by atoms with E-state index in [1.54, 1.807) is 7.11 Å². The average molecular weight is 217 g/mol. The Labute approximate surface area is 95.1 Å². The van der Waals surface area contributed by atoms with E-state index in [1.807, 2.05) is 24.3 Å². The first-order valence-corrected chi connectivity index (χ1v) is 5.34. The fraction of sp³-hybridized carbons (Fsp3) is 0.417. The van der Waals surface area contributed by atoms with E-state index in [2.05, 4.69) is 29.1 Å². The first-order valence-electron chi connectivity index (χ1n) is 5.34. The Hall–Kier alpha value is -1.71. The predicted octanol–water partition coefficient (Wildman–Crippen LogP) is 2.89. The summed E-state index contributed by atoms with van der Waals surface area (Å²) in [5.74, 6) is 1.93. The number of hydrogen-bond acceptors (Lipinski definition) is 4. The predicted molar refractivity (Wildman–Crippen MR) is 63.0 cm³/mol. The van der Waals surface area contributed by atoms with Crippen LogP contribution >= 0.6 is 0 Å². The second kappa shape index (κ2) is 4.43. The van der Waals surface area contributed by atoms with E-state index in [0.29, 0.717) is 11.8 Å². The van der Waals surface area contributed by atoms with Gasteiger partial charge < -0.3 is 4.74 Å². The van der Waals surface area contributed by atoms with Gasteiger partial charge in [-0.1, -0.05) is 13.8 Å². The fourth-order valence-electron chi connectivity index (χ4n) is 1.45. The number of azo groups is 1. The second-order valence-electron chi connectivity index (χ2n) is 4.05. The molecule has 2 rings (SSSR count). The van der Waals surface area contributed by atoms with E-state index in [-0.39, 0.29) is 6.17 Å². The molecule has 1 heterocycles. The van der Waals surface area contributed by atoms with Crippen molar-refractivity contribution >= 4 is 5.84 Å². The van der Waals surface area contributed by atoms with Crippen molar-refractivity contribution in [1.82, 2.24) is 0 Å². The molecule has 0 bridgehead atoms. The standard InChI is InChI=1S/C12H15N3O/c1-8(2)11-13-12(15-14-11)9-4-6-10(16-3)7-5-9/h4-8,11H,1-3H3. The summed E-state index contributed by atoms with van der Waals surface area (Å²) in [5.41, 5.74) is 0.979. The molecular weight excluding hydrogens is 202 g/mol. The van der Waals surface area contributed by atoms with Crippen molar-refractivity contribution < 1.29 is 4.74 Å². The van der Waals surface area contributed by atoms with Gasteiger partial charge in [0.25, 0.3) is 0 Å². The summed E-state index contributed by atoms with van der Waals surface area (Å²) >= 11 is 0. The third kappa shape index (κ3) is 2.10. The first kappa shape index (κ1) is 10.8. The summed E-state index contributed by atoms with van der Waals surface area (Å²) in [7, 11) is 1.65. The molecule has 0 saturated heterocycles. The van der Waals surface area contributed by atoms with Crippen LogP contribution in [-0.4, -0.2) is 19.1 Å². The van der Waals surface area contributed by atoms with Crippen LogP contribution in [0.3, 0.4) is 0 Å². The number of amidine groups is 1. The van der Waals surface area contributed by atoms with Crippen LogP contribution in [-0.2, 0) is 0 Å². The molecular formula is C12H15N3O. The summed E-state index contributed by atoms with van der Waals surface area (Å²) in [6, 6.07) is 7.69. The highest BCUT2D eigenvalue weighted by molar-refractivity contribution is 6.00. The molecule has 1 unspecified atom stereocenters. The van der Waals surface area contributed by atoms with Gasteiger partial charge in [0.2, 0.25) is 0 Å². The monoisotopic (exact) mass is 217 g/mol.